The molecule has 0 aromatic heterocycles. The van der Waals surface area contributed by atoms with Gasteiger partial charge < -0.3 is 5.32 Å². The number of nitro benzene ring substituents is 1. The zero-order valence-electron chi connectivity index (χ0n) is 18.5. The highest BCUT2D eigenvalue weighted by Crippen LogP contribution is 2.16. The zero-order valence-corrected chi connectivity index (χ0v) is 19.3. The highest BCUT2D eigenvalue weighted by molar-refractivity contribution is 7.90. The van der Waals surface area contributed by atoms with Gasteiger partial charge in [-0.25, -0.2) is 8.42 Å². The lowest BCUT2D eigenvalue weighted by Crippen LogP contribution is -2.46. The van der Waals surface area contributed by atoms with E-state index in [0.29, 0.717) is 25.1 Å². The molecule has 1 N–H and O–H groups in total. The van der Waals surface area contributed by atoms with Crippen molar-refractivity contribution in [3.8, 4) is 0 Å². The molecule has 1 aliphatic heterocycles. The number of carbonyl (C=O) groups is 3. The first-order chi connectivity index (χ1) is 16.1. The number of hydrazine groups is 1. The maximum atomic E-state index is 12.7. The molecule has 1 heterocycles. The number of benzene rings is 2. The van der Waals surface area contributed by atoms with Crippen LogP contribution in [-0.4, -0.2) is 67.0 Å². The first-order valence-corrected chi connectivity index (χ1v) is 12.4. The average molecular weight is 489 g/mol. The number of sulfone groups is 1. The predicted molar refractivity (Wildman–Crippen MR) is 121 cm³/mol. The molecule has 11 nitrogen and oxygen atoms in total. The molecule has 0 unspecified atom stereocenters. The van der Waals surface area contributed by atoms with Crippen molar-refractivity contribution in [2.75, 3.05) is 25.9 Å². The van der Waals surface area contributed by atoms with E-state index in [-0.39, 0.29) is 47.3 Å². The largest absolute Gasteiger partial charge is 0.352 e. The minimum Gasteiger partial charge on any atom is -0.352 e. The van der Waals surface area contributed by atoms with Gasteiger partial charge in [0.05, 0.1) is 16.2 Å². The number of non-ortho nitro benzene ring substituents is 1. The van der Waals surface area contributed by atoms with Crippen LogP contribution in [0.25, 0.3) is 0 Å². The van der Waals surface area contributed by atoms with Crippen LogP contribution in [0.3, 0.4) is 0 Å². The first-order valence-electron chi connectivity index (χ1n) is 10.5. The van der Waals surface area contributed by atoms with E-state index in [4.69, 9.17) is 0 Å². The number of hydrogen-bond acceptors (Lipinski definition) is 7. The minimum absolute atomic E-state index is 0.0186. The van der Waals surface area contributed by atoms with E-state index in [9.17, 15) is 32.9 Å². The molecule has 0 spiro atoms. The molecule has 2 aromatic rings. The number of nitrogens with zero attached hydrogens (tertiary/aromatic N) is 3. The first kappa shape index (κ1) is 24.8. The monoisotopic (exact) mass is 488 g/mol. The van der Waals surface area contributed by atoms with E-state index in [1.54, 1.807) is 12.1 Å². The molecule has 1 fully saturated rings. The van der Waals surface area contributed by atoms with E-state index in [2.05, 4.69) is 5.32 Å². The van der Waals surface area contributed by atoms with E-state index in [1.165, 1.54) is 46.4 Å². The summed E-state index contributed by atoms with van der Waals surface area (Å²) in [5, 5.41) is 16.0. The van der Waals surface area contributed by atoms with Crippen molar-refractivity contribution in [2.45, 2.75) is 24.2 Å². The third-order valence-corrected chi connectivity index (χ3v) is 6.41. The predicted octanol–water partition coefficient (Wildman–Crippen LogP) is 1.34. The lowest BCUT2D eigenvalue weighted by Gasteiger charge is -2.28. The fraction of sp³-hybridized carbons (Fsp3) is 0.318. The molecule has 180 valence electrons. The summed E-state index contributed by atoms with van der Waals surface area (Å²) in [5.41, 5.74) is 0.738. The lowest BCUT2D eigenvalue weighted by atomic mass is 10.1. The number of amides is 3. The topological polar surface area (TPSA) is 147 Å². The fourth-order valence-corrected chi connectivity index (χ4v) is 4.13. The van der Waals surface area contributed by atoms with Crippen LogP contribution < -0.4 is 5.32 Å². The summed E-state index contributed by atoms with van der Waals surface area (Å²) in [6, 6.07) is 11.1. The van der Waals surface area contributed by atoms with Gasteiger partial charge in [-0.2, -0.15) is 0 Å². The van der Waals surface area contributed by atoms with Crippen molar-refractivity contribution in [1.29, 1.82) is 0 Å². The van der Waals surface area contributed by atoms with Gasteiger partial charge in [-0.3, -0.25) is 34.5 Å². The van der Waals surface area contributed by atoms with Crippen molar-refractivity contribution >= 4 is 33.2 Å². The van der Waals surface area contributed by atoms with E-state index >= 15 is 0 Å². The standard InChI is InChI=1S/C22H24N4O7S/c1-34(32,33)19-9-3-16(4-10-19)15-21(28)25-14-2-13-24(25)20(27)11-12-23-22(29)17-5-7-18(8-6-17)26(30)31/h3-10H,2,11-15H2,1H3,(H,23,29). The van der Waals surface area contributed by atoms with Crippen LogP contribution in [0.15, 0.2) is 53.4 Å². The minimum atomic E-state index is -3.33. The van der Waals surface area contributed by atoms with Crippen LogP contribution in [-0.2, 0) is 25.8 Å². The second kappa shape index (κ2) is 10.4. The molecule has 1 saturated heterocycles. The average Bonchev–Trinajstić information content (AvgIpc) is 3.29. The maximum absolute atomic E-state index is 12.7. The van der Waals surface area contributed by atoms with Crippen molar-refractivity contribution < 1.29 is 27.7 Å². The normalized spacial score (nSPS) is 13.6. The Balaban J connectivity index is 1.51. The fourth-order valence-electron chi connectivity index (χ4n) is 3.50. The number of rotatable bonds is 8. The Morgan fingerprint density at radius 2 is 1.56 bits per heavy atom. The summed E-state index contributed by atoms with van der Waals surface area (Å²) in [4.78, 5) is 47.9. The van der Waals surface area contributed by atoms with E-state index < -0.39 is 20.7 Å². The molecule has 0 radical (unpaired) electrons. The smallest absolute Gasteiger partial charge is 0.269 e. The molecule has 0 saturated carbocycles. The Morgan fingerprint density at radius 1 is 0.971 bits per heavy atom. The molecule has 3 amide bonds. The van der Waals surface area contributed by atoms with Gasteiger partial charge in [0.1, 0.15) is 0 Å². The Bertz CT molecular complexity index is 1190. The van der Waals surface area contributed by atoms with E-state index in [1.807, 2.05) is 0 Å². The van der Waals surface area contributed by atoms with Gasteiger partial charge >= 0.3 is 0 Å². The van der Waals surface area contributed by atoms with E-state index in [0.717, 1.165) is 6.26 Å². The SMILES string of the molecule is CS(=O)(=O)c1ccc(CC(=O)N2CCCN2C(=O)CCNC(=O)c2ccc([N+](=O)[O-])cc2)cc1. The number of nitro groups is 1. The van der Waals surface area contributed by atoms with Gasteiger partial charge in [0.25, 0.3) is 11.6 Å². The Labute approximate surface area is 196 Å². The van der Waals surface area contributed by atoms with Crippen LogP contribution in [0, 0.1) is 10.1 Å². The van der Waals surface area contributed by atoms with Gasteiger partial charge in [-0.1, -0.05) is 12.1 Å². The summed E-state index contributed by atoms with van der Waals surface area (Å²) in [5.74, 6) is -1.07. The molecule has 0 atom stereocenters. The molecule has 0 aliphatic carbocycles. The van der Waals surface area contributed by atoms with Gasteiger partial charge in [0.15, 0.2) is 9.84 Å². The summed E-state index contributed by atoms with van der Waals surface area (Å²) in [6.07, 6.45) is 1.73. The molecule has 1 aliphatic rings. The third kappa shape index (κ3) is 6.16. The molecule has 2 aromatic carbocycles. The molecule has 0 bridgehead atoms. The summed E-state index contributed by atoms with van der Waals surface area (Å²) >= 11 is 0. The molecular weight excluding hydrogens is 464 g/mol. The van der Waals surface area contributed by atoms with Gasteiger partial charge in [0.2, 0.25) is 11.8 Å². The van der Waals surface area contributed by atoms with Crippen molar-refractivity contribution in [3.05, 3.63) is 69.8 Å². The second-order valence-corrected chi connectivity index (χ2v) is 9.81. The quantitative estimate of drug-likeness (QED) is 0.435. The summed E-state index contributed by atoms with van der Waals surface area (Å²) in [7, 11) is -3.33. The second-order valence-electron chi connectivity index (χ2n) is 7.79. The van der Waals surface area contributed by atoms with Crippen LogP contribution in [0.4, 0.5) is 5.69 Å². The van der Waals surface area contributed by atoms with Crippen LogP contribution in [0.2, 0.25) is 0 Å². The number of nitrogens with one attached hydrogen (secondary N) is 1. The third-order valence-electron chi connectivity index (χ3n) is 5.28. The zero-order chi connectivity index (χ0) is 24.9. The Morgan fingerprint density at radius 3 is 2.12 bits per heavy atom. The van der Waals surface area contributed by atoms with Crippen molar-refractivity contribution in [1.82, 2.24) is 15.3 Å². The summed E-state index contributed by atoms with van der Waals surface area (Å²) < 4.78 is 23.1. The molecule has 34 heavy (non-hydrogen) atoms. The number of hydrogen-bond donors (Lipinski definition) is 1. The lowest BCUT2D eigenvalue weighted by molar-refractivity contribution is -0.384. The Kier molecular flexibility index (Phi) is 7.61. The van der Waals surface area contributed by atoms with Crippen molar-refractivity contribution in [3.63, 3.8) is 0 Å². The van der Waals surface area contributed by atoms with Crippen molar-refractivity contribution in [2.24, 2.45) is 0 Å². The van der Waals surface area contributed by atoms with Gasteiger partial charge in [0, 0.05) is 50.0 Å². The van der Waals surface area contributed by atoms with Gasteiger partial charge in [-0.05, 0) is 36.2 Å². The molecular formula is C22H24N4O7S. The molecule has 12 heteroatoms. The Hall–Kier alpha value is -3.80. The van der Waals surface area contributed by atoms with Crippen LogP contribution in [0.5, 0.6) is 0 Å². The number of carbonyl (C=O) groups excluding carboxylic acids is 3. The van der Waals surface area contributed by atoms with Crippen LogP contribution >= 0.6 is 0 Å². The van der Waals surface area contributed by atoms with Gasteiger partial charge in [-0.15, -0.1) is 0 Å². The highest BCUT2D eigenvalue weighted by atomic mass is 32.2. The maximum Gasteiger partial charge on any atom is 0.269 e. The highest BCUT2D eigenvalue weighted by Gasteiger charge is 2.30. The molecule has 3 rings (SSSR count). The summed E-state index contributed by atoms with van der Waals surface area (Å²) in [6.45, 7) is 0.815. The van der Waals surface area contributed by atoms with Crippen LogP contribution in [0.1, 0.15) is 28.8 Å².